The zero-order valence-electron chi connectivity index (χ0n) is 18.3. The quantitative estimate of drug-likeness (QED) is 0.226. The van der Waals surface area contributed by atoms with Gasteiger partial charge in [0.2, 0.25) is 0 Å². The van der Waals surface area contributed by atoms with Crippen molar-refractivity contribution in [3.63, 3.8) is 0 Å². The molecular weight excluding hydrogens is 326 g/mol. The van der Waals surface area contributed by atoms with Crippen LogP contribution in [-0.4, -0.2) is 31.2 Å². The van der Waals surface area contributed by atoms with E-state index in [2.05, 4.69) is 27.8 Å². The third kappa shape index (κ3) is 18.8. The van der Waals surface area contributed by atoms with E-state index in [0.29, 0.717) is 0 Å². The van der Waals surface area contributed by atoms with Crippen molar-refractivity contribution in [2.45, 2.75) is 124 Å². The normalized spacial score (nSPS) is 11.5. The Hall–Kier alpha value is 0.250. The van der Waals surface area contributed by atoms with Crippen molar-refractivity contribution in [1.29, 1.82) is 0 Å². The maximum absolute atomic E-state index is 2.49. The van der Waals surface area contributed by atoms with E-state index in [9.17, 15) is 0 Å². The van der Waals surface area contributed by atoms with Crippen molar-refractivity contribution in [2.24, 2.45) is 0 Å². The van der Waals surface area contributed by atoms with E-state index in [0.717, 1.165) is 0 Å². The lowest BCUT2D eigenvalue weighted by Crippen LogP contribution is -3.00. The van der Waals surface area contributed by atoms with Gasteiger partial charge in [0.25, 0.3) is 0 Å². The molecular formula is C23H50ClN. The van der Waals surface area contributed by atoms with Crippen LogP contribution in [0.1, 0.15) is 124 Å². The summed E-state index contributed by atoms with van der Waals surface area (Å²) in [4.78, 5) is 0. The van der Waals surface area contributed by atoms with Crippen LogP contribution in [0.25, 0.3) is 0 Å². The Bertz CT molecular complexity index is 222. The van der Waals surface area contributed by atoms with Gasteiger partial charge in [-0.2, -0.15) is 0 Å². The van der Waals surface area contributed by atoms with E-state index < -0.39 is 0 Å². The Kier molecular flexibility index (Phi) is 22.6. The zero-order valence-corrected chi connectivity index (χ0v) is 19.0. The topological polar surface area (TPSA) is 0 Å². The summed E-state index contributed by atoms with van der Waals surface area (Å²) in [6, 6.07) is 0. The highest BCUT2D eigenvalue weighted by Gasteiger charge is 2.17. The molecule has 0 aromatic rings. The summed E-state index contributed by atoms with van der Waals surface area (Å²) in [6.45, 7) is 11.1. The van der Waals surface area contributed by atoms with E-state index >= 15 is 0 Å². The average molecular weight is 376 g/mol. The highest BCUT2D eigenvalue weighted by molar-refractivity contribution is 4.49. The zero-order chi connectivity index (χ0) is 17.9. The van der Waals surface area contributed by atoms with Crippen LogP contribution >= 0.6 is 0 Å². The lowest BCUT2D eigenvalue weighted by Gasteiger charge is -2.33. The molecule has 0 aromatic heterocycles. The molecule has 0 aliphatic heterocycles. The fourth-order valence-electron chi connectivity index (χ4n) is 3.68. The largest absolute Gasteiger partial charge is 1.00 e. The lowest BCUT2D eigenvalue weighted by atomic mass is 10.1. The number of nitrogens with zero attached hydrogens (tertiary/aromatic N) is 1. The Morgan fingerprint density at radius 3 is 1.00 bits per heavy atom. The second-order valence-electron chi connectivity index (χ2n) is 8.33. The summed E-state index contributed by atoms with van der Waals surface area (Å²) >= 11 is 0. The smallest absolute Gasteiger partial charge is 0.0784 e. The van der Waals surface area contributed by atoms with Crippen molar-refractivity contribution >= 4 is 0 Å². The van der Waals surface area contributed by atoms with Crippen molar-refractivity contribution in [2.75, 3.05) is 26.7 Å². The van der Waals surface area contributed by atoms with Gasteiger partial charge < -0.3 is 16.9 Å². The Morgan fingerprint density at radius 2 is 0.720 bits per heavy atom. The minimum absolute atomic E-state index is 0. The summed E-state index contributed by atoms with van der Waals surface area (Å²) in [7, 11) is 2.49. The molecule has 154 valence electrons. The fourth-order valence-corrected chi connectivity index (χ4v) is 3.68. The second kappa shape index (κ2) is 20.6. The molecule has 2 heteroatoms. The van der Waals surface area contributed by atoms with Crippen LogP contribution in [-0.2, 0) is 0 Å². The number of halogens is 1. The summed E-state index contributed by atoms with van der Waals surface area (Å²) in [5, 5.41) is 0. The molecule has 25 heavy (non-hydrogen) atoms. The number of unbranched alkanes of at least 4 members (excludes halogenated alkanes) is 14. The number of rotatable bonds is 19. The lowest BCUT2D eigenvalue weighted by molar-refractivity contribution is -0.908. The number of hydrogen-bond donors (Lipinski definition) is 0. The maximum Gasteiger partial charge on any atom is 0.0784 e. The standard InChI is InChI=1S/C23H50N.ClH/c1-5-8-10-12-14-16-18-20-22-24(4,7-3)23-21-19-17-15-13-11-9-6-2;/h5-23H2,1-4H3;1H/q+1;/p-1. The molecule has 0 heterocycles. The molecule has 0 bridgehead atoms. The van der Waals surface area contributed by atoms with Gasteiger partial charge in [-0.05, 0) is 32.6 Å². The van der Waals surface area contributed by atoms with Crippen LogP contribution < -0.4 is 12.4 Å². The predicted octanol–water partition coefficient (Wildman–Crippen LogP) is 4.74. The Labute approximate surface area is 167 Å². The first-order chi connectivity index (χ1) is 11.7. The van der Waals surface area contributed by atoms with Gasteiger partial charge >= 0.3 is 0 Å². The van der Waals surface area contributed by atoms with E-state index in [1.807, 2.05) is 0 Å². The number of quaternary nitrogens is 1. The van der Waals surface area contributed by atoms with Gasteiger partial charge in [-0.3, -0.25) is 0 Å². The molecule has 0 aliphatic carbocycles. The molecule has 0 radical (unpaired) electrons. The fraction of sp³-hybridized carbons (Fsp3) is 1.00. The molecule has 0 saturated heterocycles. The SMILES string of the molecule is CCCCCCCCCC[N+](C)(CC)CCCCCCCCCC.[Cl-]. The van der Waals surface area contributed by atoms with Gasteiger partial charge in [0.05, 0.1) is 26.7 Å². The second-order valence-corrected chi connectivity index (χ2v) is 8.33. The molecule has 0 N–H and O–H groups in total. The first-order valence-electron chi connectivity index (χ1n) is 11.5. The van der Waals surface area contributed by atoms with Gasteiger partial charge in [-0.15, -0.1) is 0 Å². The Balaban J connectivity index is 0. The van der Waals surface area contributed by atoms with E-state index in [1.54, 1.807) is 0 Å². The minimum Gasteiger partial charge on any atom is -1.00 e. The molecule has 0 unspecified atom stereocenters. The third-order valence-electron chi connectivity index (χ3n) is 5.87. The molecule has 1 nitrogen and oxygen atoms in total. The van der Waals surface area contributed by atoms with Crippen LogP contribution in [0.4, 0.5) is 0 Å². The summed E-state index contributed by atoms with van der Waals surface area (Å²) in [5.41, 5.74) is 0. The van der Waals surface area contributed by atoms with Gasteiger partial charge in [-0.1, -0.05) is 90.9 Å². The molecule has 0 atom stereocenters. The van der Waals surface area contributed by atoms with Crippen LogP contribution in [0.3, 0.4) is 0 Å². The average Bonchev–Trinajstić information content (AvgIpc) is 2.59. The monoisotopic (exact) mass is 375 g/mol. The molecule has 0 amide bonds. The number of hydrogen-bond acceptors (Lipinski definition) is 0. The van der Waals surface area contributed by atoms with Gasteiger partial charge in [0.15, 0.2) is 0 Å². The summed E-state index contributed by atoms with van der Waals surface area (Å²) in [5.74, 6) is 0. The first-order valence-corrected chi connectivity index (χ1v) is 11.5. The maximum atomic E-state index is 2.49. The summed E-state index contributed by atoms with van der Waals surface area (Å²) < 4.78 is 1.31. The Morgan fingerprint density at radius 1 is 0.440 bits per heavy atom. The molecule has 0 spiro atoms. The molecule has 0 fully saturated rings. The highest BCUT2D eigenvalue weighted by Crippen LogP contribution is 2.14. The van der Waals surface area contributed by atoms with Crippen molar-refractivity contribution < 1.29 is 16.9 Å². The van der Waals surface area contributed by atoms with E-state index in [1.165, 1.54) is 127 Å². The molecule has 0 aromatic carbocycles. The van der Waals surface area contributed by atoms with Gasteiger partial charge in [0.1, 0.15) is 0 Å². The van der Waals surface area contributed by atoms with E-state index in [-0.39, 0.29) is 12.4 Å². The van der Waals surface area contributed by atoms with Gasteiger partial charge in [-0.25, -0.2) is 0 Å². The van der Waals surface area contributed by atoms with Gasteiger partial charge in [0, 0.05) is 0 Å². The molecule has 0 rings (SSSR count). The van der Waals surface area contributed by atoms with Crippen molar-refractivity contribution in [3.05, 3.63) is 0 Å². The van der Waals surface area contributed by atoms with Crippen molar-refractivity contribution in [1.82, 2.24) is 0 Å². The van der Waals surface area contributed by atoms with Crippen molar-refractivity contribution in [3.8, 4) is 0 Å². The minimum atomic E-state index is 0. The third-order valence-corrected chi connectivity index (χ3v) is 5.87. The molecule has 0 saturated carbocycles. The highest BCUT2D eigenvalue weighted by atomic mass is 35.5. The summed E-state index contributed by atoms with van der Waals surface area (Å²) in [6.07, 6.45) is 23.1. The van der Waals surface area contributed by atoms with Crippen LogP contribution in [0.15, 0.2) is 0 Å². The predicted molar refractivity (Wildman–Crippen MR) is 112 cm³/mol. The van der Waals surface area contributed by atoms with Crippen LogP contribution in [0.2, 0.25) is 0 Å². The molecule has 0 aliphatic rings. The van der Waals surface area contributed by atoms with E-state index in [4.69, 9.17) is 0 Å². The van der Waals surface area contributed by atoms with Crippen LogP contribution in [0.5, 0.6) is 0 Å². The van der Waals surface area contributed by atoms with Crippen LogP contribution in [0, 0.1) is 0 Å². The first kappa shape index (κ1) is 27.5.